The van der Waals surface area contributed by atoms with Crippen LogP contribution in [0.25, 0.3) is 0 Å². The predicted molar refractivity (Wildman–Crippen MR) is 90.0 cm³/mol. The van der Waals surface area contributed by atoms with Crippen molar-refractivity contribution in [2.45, 2.75) is 24.5 Å². The van der Waals surface area contributed by atoms with Crippen LogP contribution in [-0.2, 0) is 4.74 Å². The Kier molecular flexibility index (Phi) is 6.47. The maximum absolute atomic E-state index is 9.99. The molecular formula is C18H22O3Se. The van der Waals surface area contributed by atoms with Crippen LogP contribution in [0.5, 0.6) is 5.75 Å². The SMILES string of the molecule is COc1cccc([C@H](C)O)c1[Se]C[C@H](OC)c1ccccc1. The predicted octanol–water partition coefficient (Wildman–Crippen LogP) is 2.88. The van der Waals surface area contributed by atoms with Crippen molar-refractivity contribution in [2.75, 3.05) is 14.2 Å². The van der Waals surface area contributed by atoms with Crippen molar-refractivity contribution >= 4 is 19.4 Å². The average Bonchev–Trinajstić information content (AvgIpc) is 2.56. The number of hydrogen-bond acceptors (Lipinski definition) is 3. The van der Waals surface area contributed by atoms with Gasteiger partial charge in [0.1, 0.15) is 0 Å². The van der Waals surface area contributed by atoms with Crippen LogP contribution in [0, 0.1) is 0 Å². The Labute approximate surface area is 138 Å². The van der Waals surface area contributed by atoms with E-state index in [4.69, 9.17) is 9.47 Å². The average molecular weight is 365 g/mol. The minimum atomic E-state index is -0.496. The molecule has 2 aromatic carbocycles. The second-order valence-electron chi connectivity index (χ2n) is 5.00. The molecule has 0 unspecified atom stereocenters. The molecule has 0 saturated heterocycles. The molecule has 3 nitrogen and oxygen atoms in total. The van der Waals surface area contributed by atoms with Crippen molar-refractivity contribution in [2.24, 2.45) is 0 Å². The first-order valence-electron chi connectivity index (χ1n) is 7.22. The molecule has 0 aliphatic heterocycles. The summed E-state index contributed by atoms with van der Waals surface area (Å²) >= 11 is 0.148. The molecule has 0 amide bonds. The minimum absolute atomic E-state index is 0.0629. The number of aliphatic hydroxyl groups is 1. The zero-order chi connectivity index (χ0) is 15.9. The van der Waals surface area contributed by atoms with Crippen LogP contribution in [-0.4, -0.2) is 34.3 Å². The third kappa shape index (κ3) is 4.11. The Hall–Kier alpha value is -1.32. The van der Waals surface area contributed by atoms with Gasteiger partial charge in [0.15, 0.2) is 0 Å². The molecule has 118 valence electrons. The fourth-order valence-corrected chi connectivity index (χ4v) is 5.13. The Morgan fingerprint density at radius 3 is 2.36 bits per heavy atom. The molecule has 4 heteroatoms. The first kappa shape index (κ1) is 17.0. The zero-order valence-corrected chi connectivity index (χ0v) is 14.9. The summed E-state index contributed by atoms with van der Waals surface area (Å²) in [5.74, 6) is 0.848. The molecular weight excluding hydrogens is 343 g/mol. The van der Waals surface area contributed by atoms with Gasteiger partial charge in [0.25, 0.3) is 0 Å². The molecule has 2 rings (SSSR count). The topological polar surface area (TPSA) is 38.7 Å². The van der Waals surface area contributed by atoms with Gasteiger partial charge in [-0.15, -0.1) is 0 Å². The number of ether oxygens (including phenoxy) is 2. The van der Waals surface area contributed by atoms with Crippen molar-refractivity contribution in [1.29, 1.82) is 0 Å². The molecule has 0 bridgehead atoms. The van der Waals surface area contributed by atoms with E-state index >= 15 is 0 Å². The van der Waals surface area contributed by atoms with Gasteiger partial charge in [0.05, 0.1) is 0 Å². The number of hydrogen-bond donors (Lipinski definition) is 1. The van der Waals surface area contributed by atoms with Gasteiger partial charge in [-0.05, 0) is 0 Å². The van der Waals surface area contributed by atoms with Crippen molar-refractivity contribution in [1.82, 2.24) is 0 Å². The third-order valence-corrected chi connectivity index (χ3v) is 6.02. The Morgan fingerprint density at radius 2 is 1.77 bits per heavy atom. The quantitative estimate of drug-likeness (QED) is 0.767. The van der Waals surface area contributed by atoms with Crippen molar-refractivity contribution in [3.63, 3.8) is 0 Å². The van der Waals surface area contributed by atoms with E-state index in [-0.39, 0.29) is 21.1 Å². The van der Waals surface area contributed by atoms with E-state index in [1.165, 1.54) is 5.56 Å². The fourth-order valence-electron chi connectivity index (χ4n) is 2.30. The van der Waals surface area contributed by atoms with Gasteiger partial charge in [-0.2, -0.15) is 0 Å². The third-order valence-electron chi connectivity index (χ3n) is 3.51. The fraction of sp³-hybridized carbons (Fsp3) is 0.333. The van der Waals surface area contributed by atoms with E-state index in [1.807, 2.05) is 36.4 Å². The molecule has 0 aliphatic rings. The molecule has 0 fully saturated rings. The summed E-state index contributed by atoms with van der Waals surface area (Å²) in [6.07, 6.45) is -0.433. The molecule has 1 N–H and O–H groups in total. The summed E-state index contributed by atoms with van der Waals surface area (Å²) < 4.78 is 12.2. The van der Waals surface area contributed by atoms with E-state index in [9.17, 15) is 5.11 Å². The van der Waals surface area contributed by atoms with Crippen molar-refractivity contribution in [3.8, 4) is 5.75 Å². The number of methoxy groups -OCH3 is 2. The second-order valence-corrected chi connectivity index (χ2v) is 7.16. The molecule has 0 spiro atoms. The van der Waals surface area contributed by atoms with Crippen LogP contribution in [0.3, 0.4) is 0 Å². The zero-order valence-electron chi connectivity index (χ0n) is 13.2. The molecule has 0 heterocycles. The van der Waals surface area contributed by atoms with Crippen LogP contribution in [0.2, 0.25) is 5.32 Å². The summed E-state index contributed by atoms with van der Waals surface area (Å²) in [4.78, 5) is 0. The van der Waals surface area contributed by atoms with Gasteiger partial charge >= 0.3 is 138 Å². The first-order valence-corrected chi connectivity index (χ1v) is 9.29. The van der Waals surface area contributed by atoms with Crippen LogP contribution in [0.4, 0.5) is 0 Å². The summed E-state index contributed by atoms with van der Waals surface area (Å²) in [7, 11) is 3.41. The van der Waals surface area contributed by atoms with Crippen molar-refractivity contribution in [3.05, 3.63) is 59.7 Å². The maximum atomic E-state index is 9.99. The summed E-state index contributed by atoms with van der Waals surface area (Å²) in [5, 5.41) is 10.9. The Bertz CT molecular complexity index is 584. The summed E-state index contributed by atoms with van der Waals surface area (Å²) in [6.45, 7) is 1.79. The summed E-state index contributed by atoms with van der Waals surface area (Å²) in [6, 6.07) is 16.1. The first-order chi connectivity index (χ1) is 10.7. The van der Waals surface area contributed by atoms with E-state index in [0.29, 0.717) is 0 Å². The molecule has 22 heavy (non-hydrogen) atoms. The monoisotopic (exact) mass is 366 g/mol. The van der Waals surface area contributed by atoms with E-state index in [1.54, 1.807) is 21.1 Å². The number of benzene rings is 2. The van der Waals surface area contributed by atoms with E-state index in [2.05, 4.69) is 12.1 Å². The van der Waals surface area contributed by atoms with Gasteiger partial charge in [0.2, 0.25) is 0 Å². The Morgan fingerprint density at radius 1 is 1.05 bits per heavy atom. The summed E-state index contributed by atoms with van der Waals surface area (Å²) in [5.41, 5.74) is 2.13. The van der Waals surface area contributed by atoms with Gasteiger partial charge in [-0.1, -0.05) is 0 Å². The number of rotatable bonds is 7. The van der Waals surface area contributed by atoms with Gasteiger partial charge < -0.3 is 0 Å². The molecule has 2 atom stereocenters. The molecule has 0 radical (unpaired) electrons. The van der Waals surface area contributed by atoms with Gasteiger partial charge in [-0.3, -0.25) is 0 Å². The normalized spacial score (nSPS) is 13.6. The van der Waals surface area contributed by atoms with E-state index < -0.39 is 6.10 Å². The van der Waals surface area contributed by atoms with E-state index in [0.717, 1.165) is 21.1 Å². The van der Waals surface area contributed by atoms with Crippen LogP contribution in [0.1, 0.15) is 30.3 Å². The molecule has 0 saturated carbocycles. The molecule has 0 aromatic heterocycles. The number of aliphatic hydroxyl groups excluding tert-OH is 1. The van der Waals surface area contributed by atoms with Gasteiger partial charge in [0, 0.05) is 0 Å². The van der Waals surface area contributed by atoms with Crippen LogP contribution >= 0.6 is 0 Å². The molecule has 2 aromatic rings. The van der Waals surface area contributed by atoms with Gasteiger partial charge in [-0.25, -0.2) is 0 Å². The Balaban J connectivity index is 2.20. The second kappa shape index (κ2) is 8.35. The van der Waals surface area contributed by atoms with Crippen molar-refractivity contribution < 1.29 is 14.6 Å². The molecule has 0 aliphatic carbocycles. The van der Waals surface area contributed by atoms with Crippen LogP contribution in [0.15, 0.2) is 48.5 Å². The van der Waals surface area contributed by atoms with Crippen LogP contribution < -0.4 is 9.20 Å². The standard InChI is InChI=1S/C18H22O3Se/c1-13(19)15-10-7-11-16(20-2)18(15)22-12-17(21-3)14-8-5-4-6-9-14/h4-11,13,17,19H,12H2,1-3H3/t13-,17-/m0/s1.